The third-order valence-corrected chi connectivity index (χ3v) is 4.85. The van der Waals surface area contributed by atoms with Crippen molar-refractivity contribution >= 4 is 11.7 Å². The molecular weight excluding hydrogens is 332 g/mol. The Labute approximate surface area is 152 Å². The lowest BCUT2D eigenvalue weighted by molar-refractivity contribution is -0.169. The fraction of sp³-hybridized carbons (Fsp3) is 0.421. The van der Waals surface area contributed by atoms with Crippen LogP contribution in [-0.4, -0.2) is 48.0 Å². The number of aromatic nitrogens is 2. The van der Waals surface area contributed by atoms with Crippen LogP contribution in [0.5, 0.6) is 0 Å². The molecule has 0 atom stereocenters. The van der Waals surface area contributed by atoms with Crippen LogP contribution in [0.2, 0.25) is 0 Å². The Balaban J connectivity index is 1.32. The number of carbonyl (C=O) groups excluding carboxylic acids is 1. The number of hydrogen-bond donors (Lipinski definition) is 1. The number of pyridine rings is 2. The van der Waals surface area contributed by atoms with Gasteiger partial charge in [0, 0.05) is 51.1 Å². The van der Waals surface area contributed by atoms with Gasteiger partial charge in [-0.05, 0) is 23.8 Å². The van der Waals surface area contributed by atoms with E-state index in [2.05, 4.69) is 20.2 Å². The van der Waals surface area contributed by atoms with E-state index in [0.717, 1.165) is 37.3 Å². The van der Waals surface area contributed by atoms with Crippen molar-refractivity contribution in [2.24, 2.45) is 0 Å². The van der Waals surface area contributed by atoms with E-state index in [1.807, 2.05) is 24.3 Å². The van der Waals surface area contributed by atoms with E-state index in [1.54, 1.807) is 18.6 Å². The largest absolute Gasteiger partial charge is 0.356 e. The molecule has 7 nitrogen and oxygen atoms in total. The number of nitrogens with zero attached hydrogens (tertiary/aromatic N) is 3. The van der Waals surface area contributed by atoms with Crippen molar-refractivity contribution < 1.29 is 14.3 Å². The first-order valence-electron chi connectivity index (χ1n) is 8.90. The molecule has 0 bridgehead atoms. The minimum absolute atomic E-state index is 0.141. The van der Waals surface area contributed by atoms with Crippen molar-refractivity contribution in [2.45, 2.75) is 25.2 Å². The van der Waals surface area contributed by atoms with E-state index in [1.165, 1.54) is 0 Å². The van der Waals surface area contributed by atoms with Crippen molar-refractivity contribution in [3.05, 3.63) is 54.0 Å². The number of carbonyl (C=O) groups is 1. The maximum absolute atomic E-state index is 12.3. The van der Waals surface area contributed by atoms with Crippen molar-refractivity contribution in [1.82, 2.24) is 15.3 Å². The Morgan fingerprint density at radius 2 is 1.96 bits per heavy atom. The summed E-state index contributed by atoms with van der Waals surface area (Å²) in [5, 5.41) is 2.88. The van der Waals surface area contributed by atoms with Crippen LogP contribution in [0.4, 0.5) is 5.82 Å². The highest BCUT2D eigenvalue weighted by Crippen LogP contribution is 2.32. The monoisotopic (exact) mass is 354 g/mol. The second-order valence-electron chi connectivity index (χ2n) is 6.54. The lowest BCUT2D eigenvalue weighted by Gasteiger charge is -2.38. The molecule has 7 heteroatoms. The minimum Gasteiger partial charge on any atom is -0.356 e. The Morgan fingerprint density at radius 3 is 2.62 bits per heavy atom. The quantitative estimate of drug-likeness (QED) is 0.901. The Bertz CT molecular complexity index is 735. The SMILES string of the molecule is O=C(NCc1cccnc1)c1ccc(N2CCC3(CC2)OCCO3)nc1. The van der Waals surface area contributed by atoms with Crippen LogP contribution >= 0.6 is 0 Å². The van der Waals surface area contributed by atoms with Crippen LogP contribution in [0, 0.1) is 0 Å². The highest BCUT2D eigenvalue weighted by molar-refractivity contribution is 5.94. The van der Waals surface area contributed by atoms with E-state index in [4.69, 9.17) is 9.47 Å². The molecule has 4 rings (SSSR count). The predicted molar refractivity (Wildman–Crippen MR) is 95.7 cm³/mol. The van der Waals surface area contributed by atoms with Crippen LogP contribution < -0.4 is 10.2 Å². The normalized spacial score (nSPS) is 18.8. The molecule has 0 radical (unpaired) electrons. The number of nitrogens with one attached hydrogen (secondary N) is 1. The average Bonchev–Trinajstić information content (AvgIpc) is 3.16. The Kier molecular flexibility index (Phi) is 4.81. The van der Waals surface area contributed by atoms with Crippen LogP contribution in [0.1, 0.15) is 28.8 Å². The van der Waals surface area contributed by atoms with Gasteiger partial charge in [-0.15, -0.1) is 0 Å². The molecule has 4 heterocycles. The summed E-state index contributed by atoms with van der Waals surface area (Å²) in [5.74, 6) is 0.350. The fourth-order valence-corrected chi connectivity index (χ4v) is 3.36. The van der Waals surface area contributed by atoms with Gasteiger partial charge >= 0.3 is 0 Å². The highest BCUT2D eigenvalue weighted by atomic mass is 16.7. The molecule has 1 N–H and O–H groups in total. The van der Waals surface area contributed by atoms with Gasteiger partial charge in [0.25, 0.3) is 5.91 Å². The topological polar surface area (TPSA) is 76.6 Å². The average molecular weight is 354 g/mol. The summed E-state index contributed by atoms with van der Waals surface area (Å²) in [5.41, 5.74) is 1.51. The van der Waals surface area contributed by atoms with Gasteiger partial charge in [-0.1, -0.05) is 6.07 Å². The number of anilines is 1. The zero-order valence-corrected chi connectivity index (χ0v) is 14.6. The second-order valence-corrected chi connectivity index (χ2v) is 6.54. The first-order valence-corrected chi connectivity index (χ1v) is 8.90. The Morgan fingerprint density at radius 1 is 1.15 bits per heavy atom. The van der Waals surface area contributed by atoms with Gasteiger partial charge in [-0.25, -0.2) is 4.98 Å². The zero-order valence-electron chi connectivity index (χ0n) is 14.6. The first-order chi connectivity index (χ1) is 12.7. The van der Waals surface area contributed by atoms with E-state index >= 15 is 0 Å². The molecule has 0 aliphatic carbocycles. The van der Waals surface area contributed by atoms with Gasteiger partial charge in [0.2, 0.25) is 0 Å². The van der Waals surface area contributed by atoms with Crippen LogP contribution in [0.25, 0.3) is 0 Å². The number of amides is 1. The summed E-state index contributed by atoms with van der Waals surface area (Å²) < 4.78 is 11.5. The van der Waals surface area contributed by atoms with Gasteiger partial charge in [-0.3, -0.25) is 9.78 Å². The van der Waals surface area contributed by atoms with Gasteiger partial charge in [0.15, 0.2) is 5.79 Å². The summed E-state index contributed by atoms with van der Waals surface area (Å²) in [6, 6.07) is 7.49. The molecule has 0 aromatic carbocycles. The molecule has 0 unspecified atom stereocenters. The number of hydrogen-bond acceptors (Lipinski definition) is 6. The van der Waals surface area contributed by atoms with Crippen molar-refractivity contribution in [1.29, 1.82) is 0 Å². The summed E-state index contributed by atoms with van der Waals surface area (Å²) in [4.78, 5) is 23.0. The van der Waals surface area contributed by atoms with Crippen molar-refractivity contribution in [2.75, 3.05) is 31.2 Å². The fourth-order valence-electron chi connectivity index (χ4n) is 3.36. The van der Waals surface area contributed by atoms with Crippen LogP contribution in [0.3, 0.4) is 0 Å². The van der Waals surface area contributed by atoms with Gasteiger partial charge < -0.3 is 19.7 Å². The highest BCUT2D eigenvalue weighted by Gasteiger charge is 2.39. The molecule has 2 fully saturated rings. The molecule has 136 valence electrons. The molecule has 2 saturated heterocycles. The predicted octanol–water partition coefficient (Wildman–Crippen LogP) is 1.75. The summed E-state index contributed by atoms with van der Waals surface area (Å²) >= 11 is 0. The molecule has 2 aliphatic heterocycles. The van der Waals surface area contributed by atoms with Crippen molar-refractivity contribution in [3.63, 3.8) is 0 Å². The van der Waals surface area contributed by atoms with Gasteiger partial charge in [0.05, 0.1) is 18.8 Å². The summed E-state index contributed by atoms with van der Waals surface area (Å²) in [6.07, 6.45) is 6.74. The smallest absolute Gasteiger partial charge is 0.253 e. The third-order valence-electron chi connectivity index (χ3n) is 4.85. The zero-order chi connectivity index (χ0) is 17.8. The molecule has 2 aromatic heterocycles. The maximum atomic E-state index is 12.3. The lowest BCUT2D eigenvalue weighted by Crippen LogP contribution is -2.45. The number of rotatable bonds is 4. The number of piperidine rings is 1. The molecular formula is C19H22N4O3. The molecule has 26 heavy (non-hydrogen) atoms. The van der Waals surface area contributed by atoms with Gasteiger partial charge in [-0.2, -0.15) is 0 Å². The maximum Gasteiger partial charge on any atom is 0.253 e. The van der Waals surface area contributed by atoms with Gasteiger partial charge in [0.1, 0.15) is 5.82 Å². The van der Waals surface area contributed by atoms with E-state index in [0.29, 0.717) is 25.3 Å². The van der Waals surface area contributed by atoms with E-state index in [-0.39, 0.29) is 11.7 Å². The van der Waals surface area contributed by atoms with E-state index in [9.17, 15) is 4.79 Å². The molecule has 2 aliphatic rings. The Hall–Kier alpha value is -2.51. The molecule has 1 amide bonds. The summed E-state index contributed by atoms with van der Waals surface area (Å²) in [6.45, 7) is 3.48. The lowest BCUT2D eigenvalue weighted by atomic mass is 10.0. The molecule has 2 aromatic rings. The van der Waals surface area contributed by atoms with Crippen molar-refractivity contribution in [3.8, 4) is 0 Å². The number of ether oxygens (including phenoxy) is 2. The third kappa shape index (κ3) is 3.68. The standard InChI is InChI=1S/C19H22N4O3/c24-18(22-13-15-2-1-7-20-12-15)16-3-4-17(21-14-16)23-8-5-19(6-9-23)25-10-11-26-19/h1-4,7,12,14H,5-6,8-11,13H2,(H,22,24). The van der Waals surface area contributed by atoms with Crippen LogP contribution in [0.15, 0.2) is 42.9 Å². The van der Waals surface area contributed by atoms with E-state index < -0.39 is 0 Å². The van der Waals surface area contributed by atoms with Crippen LogP contribution in [-0.2, 0) is 16.0 Å². The second kappa shape index (κ2) is 7.39. The molecule has 1 spiro atoms. The summed E-state index contributed by atoms with van der Waals surface area (Å²) in [7, 11) is 0. The minimum atomic E-state index is -0.386. The first kappa shape index (κ1) is 16.9. The molecule has 0 saturated carbocycles.